The van der Waals surface area contributed by atoms with Crippen molar-refractivity contribution in [1.29, 1.82) is 0 Å². The molecule has 2 N–H and O–H groups in total. The average molecular weight is 342 g/mol. The standard InChI is InChI=1S/C17H22N6O2/c1-22-8-4-5-13(10-22)20-16(24)12-23-11-14(9-19-23)21-17(25)15-6-2-3-7-18-15/h2-3,6-7,9,11,13H,4-5,8,10,12H2,1H3,(H,20,24)(H,21,25)/t13-/m1/s1. The smallest absolute Gasteiger partial charge is 0.274 e. The van der Waals surface area contributed by atoms with Gasteiger partial charge in [0.15, 0.2) is 0 Å². The van der Waals surface area contributed by atoms with Crippen LogP contribution in [0.2, 0.25) is 0 Å². The number of pyridine rings is 1. The number of carbonyl (C=O) groups is 2. The van der Waals surface area contributed by atoms with Crippen molar-refractivity contribution in [2.45, 2.75) is 25.4 Å². The lowest BCUT2D eigenvalue weighted by atomic mass is 10.1. The van der Waals surface area contributed by atoms with Gasteiger partial charge in [-0.15, -0.1) is 0 Å². The Morgan fingerprint density at radius 1 is 1.36 bits per heavy atom. The molecule has 0 aliphatic carbocycles. The molecule has 1 aliphatic heterocycles. The molecule has 0 bridgehead atoms. The number of carbonyl (C=O) groups excluding carboxylic acids is 2. The van der Waals surface area contributed by atoms with Crippen LogP contribution in [0.5, 0.6) is 0 Å². The molecule has 1 fully saturated rings. The van der Waals surface area contributed by atoms with Crippen molar-refractivity contribution >= 4 is 17.5 Å². The number of rotatable bonds is 5. The summed E-state index contributed by atoms with van der Waals surface area (Å²) in [6.07, 6.45) is 6.80. The third-order valence-corrected chi connectivity index (χ3v) is 4.08. The van der Waals surface area contributed by atoms with Gasteiger partial charge in [0.2, 0.25) is 5.91 Å². The van der Waals surface area contributed by atoms with Crippen molar-refractivity contribution in [2.75, 3.05) is 25.5 Å². The molecule has 0 spiro atoms. The molecule has 1 atom stereocenters. The van der Waals surface area contributed by atoms with Gasteiger partial charge in [0.1, 0.15) is 12.2 Å². The van der Waals surface area contributed by atoms with Crippen LogP contribution in [0.3, 0.4) is 0 Å². The monoisotopic (exact) mass is 342 g/mol. The highest BCUT2D eigenvalue weighted by Gasteiger charge is 2.19. The molecule has 8 heteroatoms. The molecule has 2 aromatic heterocycles. The van der Waals surface area contributed by atoms with E-state index in [0.29, 0.717) is 11.4 Å². The second-order valence-corrected chi connectivity index (χ2v) is 6.26. The van der Waals surface area contributed by atoms with Gasteiger partial charge in [-0.1, -0.05) is 6.07 Å². The fourth-order valence-corrected chi connectivity index (χ4v) is 2.91. The summed E-state index contributed by atoms with van der Waals surface area (Å²) >= 11 is 0. The highest BCUT2D eigenvalue weighted by Crippen LogP contribution is 2.09. The summed E-state index contributed by atoms with van der Waals surface area (Å²) in [5.41, 5.74) is 0.857. The van der Waals surface area contributed by atoms with Crippen LogP contribution < -0.4 is 10.6 Å². The number of aromatic nitrogens is 3. The van der Waals surface area contributed by atoms with Crippen molar-refractivity contribution in [3.8, 4) is 0 Å². The lowest BCUT2D eigenvalue weighted by molar-refractivity contribution is -0.122. The molecule has 0 saturated carbocycles. The molecule has 2 amide bonds. The minimum Gasteiger partial charge on any atom is -0.350 e. The SMILES string of the molecule is CN1CCC[C@@H](NC(=O)Cn2cc(NC(=O)c3ccccn3)cn2)C1. The van der Waals surface area contributed by atoms with Gasteiger partial charge >= 0.3 is 0 Å². The Kier molecular flexibility index (Phi) is 5.39. The number of likely N-dealkylation sites (N-methyl/N-ethyl adjacent to an activating group) is 1. The van der Waals surface area contributed by atoms with E-state index in [1.165, 1.54) is 10.9 Å². The predicted octanol–water partition coefficient (Wildman–Crippen LogP) is 0.741. The number of nitrogens with zero attached hydrogens (tertiary/aromatic N) is 4. The van der Waals surface area contributed by atoms with Gasteiger partial charge in [-0.25, -0.2) is 0 Å². The Morgan fingerprint density at radius 3 is 3.00 bits per heavy atom. The molecule has 1 aliphatic rings. The van der Waals surface area contributed by atoms with Crippen LogP contribution in [0.4, 0.5) is 5.69 Å². The van der Waals surface area contributed by atoms with Gasteiger partial charge in [0.05, 0.1) is 11.9 Å². The lowest BCUT2D eigenvalue weighted by Gasteiger charge is -2.30. The van der Waals surface area contributed by atoms with Crippen LogP contribution in [-0.4, -0.2) is 57.7 Å². The topological polar surface area (TPSA) is 92.2 Å². The molecule has 2 aromatic rings. The van der Waals surface area contributed by atoms with Crippen LogP contribution in [-0.2, 0) is 11.3 Å². The zero-order chi connectivity index (χ0) is 17.6. The minimum atomic E-state index is -0.310. The van der Waals surface area contributed by atoms with E-state index in [1.807, 2.05) is 0 Å². The second kappa shape index (κ2) is 7.89. The third kappa shape index (κ3) is 4.87. The number of amides is 2. The summed E-state index contributed by atoms with van der Waals surface area (Å²) in [5.74, 6) is -0.388. The van der Waals surface area contributed by atoms with Gasteiger partial charge in [-0.3, -0.25) is 19.3 Å². The Balaban J connectivity index is 1.51. The Hall–Kier alpha value is -2.74. The number of nitrogens with one attached hydrogen (secondary N) is 2. The van der Waals surface area contributed by atoms with Crippen molar-refractivity contribution in [2.24, 2.45) is 0 Å². The number of hydrogen-bond acceptors (Lipinski definition) is 5. The van der Waals surface area contributed by atoms with E-state index in [0.717, 1.165) is 25.9 Å². The molecule has 132 valence electrons. The van der Waals surface area contributed by atoms with Crippen molar-refractivity contribution in [3.05, 3.63) is 42.5 Å². The Labute approximate surface area is 146 Å². The number of likely N-dealkylation sites (tertiary alicyclic amines) is 1. The van der Waals surface area contributed by atoms with Gasteiger partial charge < -0.3 is 15.5 Å². The van der Waals surface area contributed by atoms with Crippen LogP contribution >= 0.6 is 0 Å². The Morgan fingerprint density at radius 2 is 2.24 bits per heavy atom. The van der Waals surface area contributed by atoms with Crippen LogP contribution in [0.25, 0.3) is 0 Å². The van der Waals surface area contributed by atoms with E-state index in [9.17, 15) is 9.59 Å². The first-order valence-corrected chi connectivity index (χ1v) is 8.33. The molecule has 0 unspecified atom stereocenters. The summed E-state index contributed by atoms with van der Waals surface area (Å²) in [5, 5.41) is 9.87. The van der Waals surface area contributed by atoms with Gasteiger partial charge in [0, 0.05) is 25.0 Å². The van der Waals surface area contributed by atoms with Crippen LogP contribution in [0, 0.1) is 0 Å². The molecular formula is C17H22N6O2. The summed E-state index contributed by atoms with van der Waals surface area (Å²) in [6, 6.07) is 5.31. The first-order chi connectivity index (χ1) is 12.1. The average Bonchev–Trinajstić information content (AvgIpc) is 3.02. The van der Waals surface area contributed by atoms with Crippen LogP contribution in [0.1, 0.15) is 23.3 Å². The first kappa shape index (κ1) is 17.1. The summed E-state index contributed by atoms with van der Waals surface area (Å²) < 4.78 is 1.51. The molecule has 1 saturated heterocycles. The van der Waals surface area contributed by atoms with Crippen molar-refractivity contribution in [3.63, 3.8) is 0 Å². The lowest BCUT2D eigenvalue weighted by Crippen LogP contribution is -2.47. The van der Waals surface area contributed by atoms with E-state index in [4.69, 9.17) is 0 Å². The summed E-state index contributed by atoms with van der Waals surface area (Å²) in [7, 11) is 2.06. The maximum absolute atomic E-state index is 12.2. The predicted molar refractivity (Wildman–Crippen MR) is 93.1 cm³/mol. The van der Waals surface area contributed by atoms with Crippen LogP contribution in [0.15, 0.2) is 36.8 Å². The highest BCUT2D eigenvalue weighted by molar-refractivity contribution is 6.02. The zero-order valence-corrected chi connectivity index (χ0v) is 14.2. The minimum absolute atomic E-state index is 0.0778. The summed E-state index contributed by atoms with van der Waals surface area (Å²) in [6.45, 7) is 2.07. The Bertz CT molecular complexity index is 730. The third-order valence-electron chi connectivity index (χ3n) is 4.08. The molecule has 25 heavy (non-hydrogen) atoms. The largest absolute Gasteiger partial charge is 0.350 e. The molecule has 3 heterocycles. The van der Waals surface area contributed by atoms with E-state index >= 15 is 0 Å². The van der Waals surface area contributed by atoms with Crippen molar-refractivity contribution in [1.82, 2.24) is 25.0 Å². The molecule has 0 radical (unpaired) electrons. The van der Waals surface area contributed by atoms with Gasteiger partial charge in [-0.05, 0) is 38.6 Å². The number of piperidine rings is 1. The molecule has 8 nitrogen and oxygen atoms in total. The van der Waals surface area contributed by atoms with Crippen molar-refractivity contribution < 1.29 is 9.59 Å². The second-order valence-electron chi connectivity index (χ2n) is 6.26. The highest BCUT2D eigenvalue weighted by atomic mass is 16.2. The van der Waals surface area contributed by atoms with E-state index < -0.39 is 0 Å². The first-order valence-electron chi connectivity index (χ1n) is 8.33. The maximum atomic E-state index is 12.2. The van der Waals surface area contributed by atoms with Gasteiger partial charge in [0.25, 0.3) is 5.91 Å². The fraction of sp³-hybridized carbons (Fsp3) is 0.412. The number of anilines is 1. The molecule has 3 rings (SSSR count). The maximum Gasteiger partial charge on any atom is 0.274 e. The molecule has 0 aromatic carbocycles. The van der Waals surface area contributed by atoms with Gasteiger partial charge in [-0.2, -0.15) is 5.10 Å². The zero-order valence-electron chi connectivity index (χ0n) is 14.2. The quantitative estimate of drug-likeness (QED) is 0.836. The van der Waals surface area contributed by atoms with E-state index in [1.54, 1.807) is 30.6 Å². The van der Waals surface area contributed by atoms with E-state index in [-0.39, 0.29) is 24.4 Å². The number of hydrogen-bond donors (Lipinski definition) is 2. The molecular weight excluding hydrogens is 320 g/mol. The normalized spacial score (nSPS) is 17.9. The summed E-state index contributed by atoms with van der Waals surface area (Å²) in [4.78, 5) is 30.4. The fourth-order valence-electron chi connectivity index (χ4n) is 2.91. The van der Waals surface area contributed by atoms with E-state index in [2.05, 4.69) is 32.7 Å².